The normalized spacial score (nSPS) is 17.9. The average Bonchev–Trinajstić information content (AvgIpc) is 3.65. The van der Waals surface area contributed by atoms with Crippen LogP contribution >= 0.6 is 11.3 Å². The minimum absolute atomic E-state index is 0.140. The van der Waals surface area contributed by atoms with Crippen molar-refractivity contribution in [1.29, 1.82) is 5.26 Å². The van der Waals surface area contributed by atoms with Crippen molar-refractivity contribution in [1.82, 2.24) is 28.6 Å². The van der Waals surface area contributed by atoms with Crippen LogP contribution in [0.15, 0.2) is 24.3 Å². The number of fused-ring (bicyclic) bond motifs is 2. The number of thiophene rings is 1. The molecule has 0 saturated carbocycles. The number of rotatable bonds is 12. The van der Waals surface area contributed by atoms with E-state index in [2.05, 4.69) is 78.2 Å². The maximum absolute atomic E-state index is 13.1. The summed E-state index contributed by atoms with van der Waals surface area (Å²) in [6.07, 6.45) is -3.51. The van der Waals surface area contributed by atoms with Gasteiger partial charge in [0.05, 0.1) is 22.8 Å². The zero-order valence-electron chi connectivity index (χ0n) is 29.1. The van der Waals surface area contributed by atoms with E-state index in [0.29, 0.717) is 39.3 Å². The van der Waals surface area contributed by atoms with Crippen LogP contribution in [-0.2, 0) is 30.5 Å². The molecule has 50 heavy (non-hydrogen) atoms. The number of likely N-dealkylation sites (tertiary alicyclic amines) is 1. The lowest BCUT2D eigenvalue weighted by Gasteiger charge is -2.34. The number of hydrogen-bond donors (Lipinski definition) is 2. The number of nitrogens with one attached hydrogen (secondary N) is 2. The van der Waals surface area contributed by atoms with Crippen LogP contribution in [0.1, 0.15) is 48.4 Å². The molecule has 2 fully saturated rings. The predicted octanol–water partition coefficient (Wildman–Crippen LogP) is 5.99. The second-order valence-corrected chi connectivity index (χ2v) is 16.4. The topological polar surface area (TPSA) is 105 Å². The van der Waals surface area contributed by atoms with E-state index in [1.165, 1.54) is 11.1 Å². The summed E-state index contributed by atoms with van der Waals surface area (Å²) in [5.74, 6) is 2.07. The molecular formula is C35H46F3N9OS2. The number of benzene rings is 1. The number of alkyl halides is 3. The van der Waals surface area contributed by atoms with Crippen molar-refractivity contribution in [2.45, 2.75) is 65.3 Å². The van der Waals surface area contributed by atoms with Gasteiger partial charge in [-0.2, -0.15) is 23.4 Å². The fourth-order valence-corrected chi connectivity index (χ4v) is 9.37. The molecule has 0 amide bonds. The maximum Gasteiger partial charge on any atom is 0.393 e. The molecule has 4 aromatic rings. The van der Waals surface area contributed by atoms with Crippen LogP contribution in [0, 0.1) is 24.2 Å². The quantitative estimate of drug-likeness (QED) is 0.184. The monoisotopic (exact) mass is 729 g/mol. The maximum atomic E-state index is 13.1. The number of piperazine rings is 1. The number of nitrogens with zero attached hydrogens (tertiary/aromatic N) is 7. The molecule has 0 aliphatic carbocycles. The minimum atomic E-state index is -4.28. The molecule has 2 aliphatic heterocycles. The highest BCUT2D eigenvalue weighted by molar-refractivity contribution is 7.82. The first-order valence-corrected chi connectivity index (χ1v) is 19.4. The van der Waals surface area contributed by atoms with Gasteiger partial charge in [0.25, 0.3) is 0 Å². The van der Waals surface area contributed by atoms with Crippen LogP contribution in [0.25, 0.3) is 21.1 Å². The molecule has 5 heterocycles. The molecule has 2 aliphatic rings. The van der Waals surface area contributed by atoms with E-state index in [1.807, 2.05) is 6.07 Å². The van der Waals surface area contributed by atoms with E-state index >= 15 is 0 Å². The van der Waals surface area contributed by atoms with Gasteiger partial charge in [0.15, 0.2) is 0 Å². The van der Waals surface area contributed by atoms with Crippen molar-refractivity contribution in [2.24, 2.45) is 5.92 Å². The number of hydrogen-bond acceptors (Lipinski definition) is 9. The summed E-state index contributed by atoms with van der Waals surface area (Å²) >= 11 is 1.06. The molecule has 3 aromatic heterocycles. The highest BCUT2D eigenvalue weighted by Gasteiger charge is 2.30. The summed E-state index contributed by atoms with van der Waals surface area (Å²) in [6, 6.07) is 10.5. The molecule has 15 heteroatoms. The van der Waals surface area contributed by atoms with E-state index in [1.54, 1.807) is 13.1 Å². The number of piperidine rings is 1. The van der Waals surface area contributed by atoms with Crippen LogP contribution in [0.4, 0.5) is 24.9 Å². The van der Waals surface area contributed by atoms with E-state index in [4.69, 9.17) is 0 Å². The van der Waals surface area contributed by atoms with Crippen molar-refractivity contribution < 1.29 is 17.4 Å². The molecule has 2 N–H and O–H groups in total. The van der Waals surface area contributed by atoms with E-state index in [9.17, 15) is 22.6 Å². The molecule has 1 unspecified atom stereocenters. The Morgan fingerprint density at radius 3 is 2.44 bits per heavy atom. The summed E-state index contributed by atoms with van der Waals surface area (Å²) < 4.78 is 56.1. The lowest BCUT2D eigenvalue weighted by Crippen LogP contribution is -2.48. The minimum Gasteiger partial charge on any atom is -0.367 e. The Labute approximate surface area is 298 Å². The first kappa shape index (κ1) is 36.5. The van der Waals surface area contributed by atoms with Gasteiger partial charge >= 0.3 is 6.18 Å². The molecule has 0 spiro atoms. The van der Waals surface area contributed by atoms with Gasteiger partial charge in [-0.3, -0.25) is 9.80 Å². The summed E-state index contributed by atoms with van der Waals surface area (Å²) in [5.41, 5.74) is 4.17. The van der Waals surface area contributed by atoms with Crippen molar-refractivity contribution in [3.63, 3.8) is 0 Å². The molecule has 0 bridgehead atoms. The lowest BCUT2D eigenvalue weighted by atomic mass is 10.0. The average molecular weight is 730 g/mol. The third kappa shape index (κ3) is 8.59. The van der Waals surface area contributed by atoms with Crippen LogP contribution < -0.4 is 10.6 Å². The first-order chi connectivity index (χ1) is 23.9. The fourth-order valence-electron chi connectivity index (χ4n) is 6.96. The van der Waals surface area contributed by atoms with Crippen molar-refractivity contribution >= 4 is 55.2 Å². The zero-order chi connectivity index (χ0) is 35.6. The van der Waals surface area contributed by atoms with Gasteiger partial charge in [-0.25, -0.2) is 13.5 Å². The summed E-state index contributed by atoms with van der Waals surface area (Å²) in [4.78, 5) is 14.6. The fraction of sp³-hybridized carbons (Fsp3) is 0.571. The van der Waals surface area contributed by atoms with Crippen LogP contribution in [0.2, 0.25) is 0 Å². The smallest absolute Gasteiger partial charge is 0.367 e. The van der Waals surface area contributed by atoms with Gasteiger partial charge in [0, 0.05) is 93.5 Å². The van der Waals surface area contributed by atoms with Crippen LogP contribution in [0.3, 0.4) is 0 Å². The van der Waals surface area contributed by atoms with Crippen LogP contribution in [-0.4, -0.2) is 104 Å². The highest BCUT2D eigenvalue weighted by Crippen LogP contribution is 2.35. The van der Waals surface area contributed by atoms with Crippen molar-refractivity contribution in [3.05, 3.63) is 46.0 Å². The Balaban J connectivity index is 1.06. The van der Waals surface area contributed by atoms with E-state index in [0.717, 1.165) is 94.0 Å². The molecule has 10 nitrogen and oxygen atoms in total. The van der Waals surface area contributed by atoms with Gasteiger partial charge < -0.3 is 15.2 Å². The van der Waals surface area contributed by atoms with Crippen molar-refractivity contribution in [3.8, 4) is 6.07 Å². The van der Waals surface area contributed by atoms with Crippen molar-refractivity contribution in [2.75, 3.05) is 69.2 Å². The van der Waals surface area contributed by atoms with E-state index in [-0.39, 0.29) is 10.9 Å². The number of halogens is 3. The van der Waals surface area contributed by atoms with Gasteiger partial charge in [-0.05, 0) is 55.0 Å². The lowest BCUT2D eigenvalue weighted by molar-refractivity contribution is -0.126. The van der Waals surface area contributed by atoms with Gasteiger partial charge in [0.2, 0.25) is 5.95 Å². The SMILES string of the molecule is CNc1nc(NC2CCN(Cc3ccc4c(cc(C#N)n4CCN4CCN(S(=O)CC(C)C)CC4)c3C)CC2)c2cc(CC(F)(F)F)sc2n1. The molecule has 1 aromatic carbocycles. The van der Waals surface area contributed by atoms with Gasteiger partial charge in [-0.1, -0.05) is 19.9 Å². The number of anilines is 2. The second kappa shape index (κ2) is 15.5. The molecule has 270 valence electrons. The Hall–Kier alpha value is -3.29. The predicted molar refractivity (Wildman–Crippen MR) is 196 cm³/mol. The number of aryl methyl sites for hydroxylation is 1. The number of aromatic nitrogens is 3. The molecule has 1 atom stereocenters. The summed E-state index contributed by atoms with van der Waals surface area (Å²) in [5, 5.41) is 18.2. The third-order valence-electron chi connectivity index (χ3n) is 9.68. The Morgan fingerprint density at radius 2 is 1.78 bits per heavy atom. The largest absolute Gasteiger partial charge is 0.393 e. The Bertz CT molecular complexity index is 1870. The molecule has 0 radical (unpaired) electrons. The second-order valence-electron chi connectivity index (χ2n) is 13.8. The van der Waals surface area contributed by atoms with Crippen LogP contribution in [0.5, 0.6) is 0 Å². The number of nitriles is 1. The van der Waals surface area contributed by atoms with E-state index < -0.39 is 23.6 Å². The standard InChI is InChI=1S/C35H46F3N9OS2/c1-23(2)22-50(48)46-14-11-44(12-15-46)13-16-47-27(20-39)17-29-24(3)25(5-6-31(29)47)21-45-9-7-26(8-10-45)41-32-30-18-28(19-35(36,37)38)49-33(30)43-34(40-4)42-32/h5-6,17-18,23,26H,7-16,19,21-22H2,1-4H3,(H2,40,41,42,43). The summed E-state index contributed by atoms with van der Waals surface area (Å²) in [6.45, 7) is 13.8. The summed E-state index contributed by atoms with van der Waals surface area (Å²) in [7, 11) is 0.782. The van der Waals surface area contributed by atoms with Gasteiger partial charge in [-0.15, -0.1) is 11.3 Å². The van der Waals surface area contributed by atoms with Gasteiger partial charge in [0.1, 0.15) is 22.4 Å². The molecule has 2 saturated heterocycles. The zero-order valence-corrected chi connectivity index (χ0v) is 30.8. The Kier molecular flexibility index (Phi) is 11.3. The first-order valence-electron chi connectivity index (χ1n) is 17.3. The Morgan fingerprint density at radius 1 is 1.04 bits per heavy atom. The molecule has 6 rings (SSSR count). The third-order valence-corrected chi connectivity index (χ3v) is 12.6. The molecular weight excluding hydrogens is 684 g/mol. The highest BCUT2D eigenvalue weighted by atomic mass is 32.2.